The zero-order chi connectivity index (χ0) is 39.6. The number of rotatable bonds is 6. The summed E-state index contributed by atoms with van der Waals surface area (Å²) in [5, 5.41) is 12.8. The molecule has 0 fully saturated rings. The summed E-state index contributed by atoms with van der Waals surface area (Å²) in [6.07, 6.45) is 0. The number of nitrogens with zero attached hydrogens (tertiary/aromatic N) is 1. The van der Waals surface area contributed by atoms with Gasteiger partial charge >= 0.3 is 0 Å². The van der Waals surface area contributed by atoms with Gasteiger partial charge < -0.3 is 4.90 Å². The van der Waals surface area contributed by atoms with Crippen LogP contribution in [0.1, 0.15) is 0 Å². The first-order valence-electron chi connectivity index (χ1n) is 20.6. The van der Waals surface area contributed by atoms with Crippen molar-refractivity contribution in [2.45, 2.75) is 0 Å². The second-order valence-corrected chi connectivity index (χ2v) is 16.8. The van der Waals surface area contributed by atoms with Crippen LogP contribution in [-0.4, -0.2) is 0 Å². The van der Waals surface area contributed by atoms with Crippen molar-refractivity contribution in [1.29, 1.82) is 0 Å². The molecule has 1 aromatic heterocycles. The quantitative estimate of drug-likeness (QED) is 0.152. The van der Waals surface area contributed by atoms with Crippen LogP contribution in [0, 0.1) is 0 Å². The second-order valence-electron chi connectivity index (χ2n) is 15.7. The molecule has 1 nitrogen and oxygen atoms in total. The lowest BCUT2D eigenvalue weighted by Crippen LogP contribution is -2.11. The average molecular weight is 780 g/mol. The number of para-hydroxylation sites is 1. The Balaban J connectivity index is 0.991. The molecule has 1 heterocycles. The Hall–Kier alpha value is -7.52. The molecular weight excluding hydrogens is 743 g/mol. The van der Waals surface area contributed by atoms with Gasteiger partial charge in [-0.2, -0.15) is 0 Å². The molecule has 0 aliphatic carbocycles. The summed E-state index contributed by atoms with van der Waals surface area (Å²) in [6, 6.07) is 82.6. The van der Waals surface area contributed by atoms with Gasteiger partial charge in [0.25, 0.3) is 0 Å². The molecule has 11 aromatic carbocycles. The minimum absolute atomic E-state index is 1.11. The fourth-order valence-electron chi connectivity index (χ4n) is 9.22. The topological polar surface area (TPSA) is 3.24 Å². The maximum atomic E-state index is 2.44. The van der Waals surface area contributed by atoms with E-state index < -0.39 is 0 Å². The molecule has 12 rings (SSSR count). The van der Waals surface area contributed by atoms with Gasteiger partial charge in [0.15, 0.2) is 0 Å². The number of thiophene rings is 1. The van der Waals surface area contributed by atoms with E-state index >= 15 is 0 Å². The fraction of sp³-hybridized carbons (Fsp3) is 0. The van der Waals surface area contributed by atoms with E-state index in [9.17, 15) is 0 Å². The van der Waals surface area contributed by atoms with E-state index in [0.717, 1.165) is 17.1 Å². The van der Waals surface area contributed by atoms with Crippen molar-refractivity contribution in [2.75, 3.05) is 4.90 Å². The highest BCUT2D eigenvalue weighted by Gasteiger charge is 2.19. The van der Waals surface area contributed by atoms with Crippen molar-refractivity contribution in [3.05, 3.63) is 224 Å². The molecule has 0 bridgehead atoms. The van der Waals surface area contributed by atoms with E-state index in [1.54, 1.807) is 0 Å². The number of benzene rings is 11. The van der Waals surface area contributed by atoms with Crippen molar-refractivity contribution in [3.63, 3.8) is 0 Å². The molecule has 60 heavy (non-hydrogen) atoms. The van der Waals surface area contributed by atoms with Gasteiger partial charge in [0, 0.05) is 37.1 Å². The molecule has 0 atom stereocenters. The van der Waals surface area contributed by atoms with Gasteiger partial charge in [-0.1, -0.05) is 170 Å². The Labute approximate surface area is 352 Å². The maximum Gasteiger partial charge on any atom is 0.0540 e. The summed E-state index contributed by atoms with van der Waals surface area (Å²) >= 11 is 1.87. The van der Waals surface area contributed by atoms with Gasteiger partial charge in [0.05, 0.1) is 5.69 Å². The van der Waals surface area contributed by atoms with Crippen LogP contribution in [0.4, 0.5) is 17.1 Å². The average Bonchev–Trinajstić information content (AvgIpc) is 3.67. The van der Waals surface area contributed by atoms with E-state index in [2.05, 4.69) is 229 Å². The van der Waals surface area contributed by atoms with Crippen LogP contribution in [0.5, 0.6) is 0 Å². The third-order valence-corrected chi connectivity index (χ3v) is 13.3. The molecule has 12 aromatic rings. The Morgan fingerprint density at radius 2 is 0.817 bits per heavy atom. The summed E-state index contributed by atoms with van der Waals surface area (Å²) in [4.78, 5) is 2.44. The minimum atomic E-state index is 1.11. The highest BCUT2D eigenvalue weighted by Crippen LogP contribution is 2.45. The summed E-state index contributed by atoms with van der Waals surface area (Å²) < 4.78 is 2.59. The number of hydrogen-bond acceptors (Lipinski definition) is 2. The molecule has 0 amide bonds. The van der Waals surface area contributed by atoms with Crippen molar-refractivity contribution in [1.82, 2.24) is 0 Å². The Morgan fingerprint density at radius 1 is 0.267 bits per heavy atom. The van der Waals surface area contributed by atoms with Crippen molar-refractivity contribution in [3.8, 4) is 33.4 Å². The lowest BCUT2D eigenvalue weighted by molar-refractivity contribution is 1.29. The smallest absolute Gasteiger partial charge is 0.0540 e. The van der Waals surface area contributed by atoms with Crippen LogP contribution in [0.2, 0.25) is 0 Å². The highest BCUT2D eigenvalue weighted by molar-refractivity contribution is 7.26. The standard InChI is InChI=1S/C58H37NS/c1-2-12-42-33-45(26-21-38(42)11-1)39-27-29-47(30-28-39)59(48-31-32-53-55-34-43-13-3-4-14-44(43)36-57(55)60-58(53)37-48)56-20-10-9-17-50(56)40-22-24-41(25-23-40)54-35-46-15-5-6-16-49(46)51-18-7-8-19-52(51)54/h1-37H. The molecule has 0 saturated carbocycles. The van der Waals surface area contributed by atoms with E-state index in [1.165, 1.54) is 96.6 Å². The van der Waals surface area contributed by atoms with Gasteiger partial charge in [-0.25, -0.2) is 0 Å². The molecular formula is C58H37NS. The lowest BCUT2D eigenvalue weighted by atomic mass is 9.92. The minimum Gasteiger partial charge on any atom is -0.310 e. The van der Waals surface area contributed by atoms with Gasteiger partial charge in [0.2, 0.25) is 0 Å². The zero-order valence-electron chi connectivity index (χ0n) is 32.7. The fourth-order valence-corrected chi connectivity index (χ4v) is 10.4. The second kappa shape index (κ2) is 14.1. The predicted octanol–water partition coefficient (Wildman–Crippen LogP) is 17.1. The molecule has 0 N–H and O–H groups in total. The van der Waals surface area contributed by atoms with Gasteiger partial charge in [0.1, 0.15) is 0 Å². The van der Waals surface area contributed by atoms with E-state index in [4.69, 9.17) is 0 Å². The van der Waals surface area contributed by atoms with Gasteiger partial charge in [-0.15, -0.1) is 11.3 Å². The third-order valence-electron chi connectivity index (χ3n) is 12.2. The maximum absolute atomic E-state index is 2.44. The Kier molecular flexibility index (Phi) is 8.11. The molecule has 280 valence electrons. The summed E-state index contributed by atoms with van der Waals surface area (Å²) in [6.45, 7) is 0. The molecule has 0 aliphatic heterocycles. The van der Waals surface area contributed by atoms with Crippen LogP contribution in [0.25, 0.3) is 96.6 Å². The van der Waals surface area contributed by atoms with Crippen LogP contribution in [-0.2, 0) is 0 Å². The van der Waals surface area contributed by atoms with Crippen molar-refractivity contribution in [2.24, 2.45) is 0 Å². The molecule has 2 heteroatoms. The molecule has 0 spiro atoms. The predicted molar refractivity (Wildman–Crippen MR) is 260 cm³/mol. The summed E-state index contributed by atoms with van der Waals surface area (Å²) in [5.41, 5.74) is 10.6. The van der Waals surface area contributed by atoms with Crippen molar-refractivity contribution >= 4 is 91.7 Å². The number of anilines is 3. The first-order valence-corrected chi connectivity index (χ1v) is 21.4. The zero-order valence-corrected chi connectivity index (χ0v) is 33.5. The van der Waals surface area contributed by atoms with E-state index in [0.29, 0.717) is 0 Å². The van der Waals surface area contributed by atoms with Crippen LogP contribution in [0.15, 0.2) is 224 Å². The van der Waals surface area contributed by atoms with E-state index in [1.807, 2.05) is 11.3 Å². The monoisotopic (exact) mass is 779 g/mol. The highest BCUT2D eigenvalue weighted by atomic mass is 32.1. The molecule has 0 aliphatic rings. The van der Waals surface area contributed by atoms with Crippen LogP contribution >= 0.6 is 11.3 Å². The molecule has 0 saturated heterocycles. The normalized spacial score (nSPS) is 11.7. The Bertz CT molecular complexity index is 3600. The summed E-state index contributed by atoms with van der Waals surface area (Å²) in [7, 11) is 0. The largest absolute Gasteiger partial charge is 0.310 e. The lowest BCUT2D eigenvalue weighted by Gasteiger charge is -2.28. The Morgan fingerprint density at radius 3 is 1.60 bits per heavy atom. The number of fused-ring (bicyclic) bond motifs is 8. The van der Waals surface area contributed by atoms with Gasteiger partial charge in [-0.3, -0.25) is 0 Å². The number of hydrogen-bond donors (Lipinski definition) is 0. The van der Waals surface area contributed by atoms with Crippen LogP contribution < -0.4 is 4.90 Å². The van der Waals surface area contributed by atoms with Gasteiger partial charge in [-0.05, 0) is 126 Å². The SMILES string of the molecule is c1ccc(N(c2ccc(-c3ccc4ccccc4c3)cc2)c2ccc3c(c2)sc2cc4ccccc4cc23)c(-c2ccc(-c3cc4ccccc4c4ccccc34)cc2)c1. The van der Waals surface area contributed by atoms with Crippen LogP contribution in [0.3, 0.4) is 0 Å². The molecule has 0 unspecified atom stereocenters. The summed E-state index contributed by atoms with van der Waals surface area (Å²) in [5.74, 6) is 0. The third kappa shape index (κ3) is 5.84. The first kappa shape index (κ1) is 34.5. The van der Waals surface area contributed by atoms with Crippen molar-refractivity contribution < 1.29 is 0 Å². The molecule has 0 radical (unpaired) electrons. The van der Waals surface area contributed by atoms with E-state index in [-0.39, 0.29) is 0 Å². The first-order chi connectivity index (χ1) is 29.7.